The minimum atomic E-state index is -1.73. The summed E-state index contributed by atoms with van der Waals surface area (Å²) in [5, 5.41) is 8.71. The Hall–Kier alpha value is -0.770. The van der Waals surface area contributed by atoms with Crippen LogP contribution in [-0.2, 0) is 11.2 Å². The van der Waals surface area contributed by atoms with Gasteiger partial charge in [0.05, 0.1) is 0 Å². The zero-order valence-electron chi connectivity index (χ0n) is 10.4. The molecule has 0 aliphatic heterocycles. The third-order valence-electron chi connectivity index (χ3n) is 2.15. The summed E-state index contributed by atoms with van der Waals surface area (Å²) in [6.45, 7) is 2.16. The summed E-state index contributed by atoms with van der Waals surface area (Å²) in [5.74, 6) is -0.419. The van der Waals surface area contributed by atoms with Crippen LogP contribution in [0.15, 0.2) is 30.3 Å². The minimum absolute atomic E-state index is 0.152. The average Bonchev–Trinajstić information content (AvgIpc) is 2.29. The molecule has 3 N–H and O–H groups in total. The van der Waals surface area contributed by atoms with E-state index < -0.39 is 10.4 Å². The molecule has 1 aromatic carbocycles. The lowest BCUT2D eigenvalue weighted by atomic mass is 10.2. The van der Waals surface area contributed by atoms with Crippen LogP contribution in [0.4, 0.5) is 0 Å². The van der Waals surface area contributed by atoms with E-state index in [0.29, 0.717) is 6.42 Å². The molecule has 0 saturated carbocycles. The molecule has 0 saturated heterocycles. The van der Waals surface area contributed by atoms with Crippen LogP contribution in [0, 0.1) is 0 Å². The standard InChI is InChI=1S/C8H10.C5H9Cl2NO2/c1-2-8-6-4-3-5-7-8;6-5(7,10)3-1-2-4(8)9/h3-7H,2H2,1H3;10H,1-3H2,(H2,8,9). The molecule has 1 aromatic rings. The van der Waals surface area contributed by atoms with Gasteiger partial charge in [0, 0.05) is 12.8 Å². The molecule has 0 heterocycles. The first kappa shape index (κ1) is 17.2. The number of aryl methyl sites for hydroxylation is 1. The highest BCUT2D eigenvalue weighted by Gasteiger charge is 2.17. The summed E-state index contributed by atoms with van der Waals surface area (Å²) in [4.78, 5) is 10.1. The molecule has 0 unspecified atom stereocenters. The highest BCUT2D eigenvalue weighted by atomic mass is 35.5. The number of benzene rings is 1. The number of halogens is 2. The van der Waals surface area contributed by atoms with E-state index in [1.165, 1.54) is 5.56 Å². The first-order chi connectivity index (χ1) is 8.35. The van der Waals surface area contributed by atoms with Crippen LogP contribution < -0.4 is 5.73 Å². The van der Waals surface area contributed by atoms with Gasteiger partial charge in [-0.15, -0.1) is 0 Å². The van der Waals surface area contributed by atoms with Gasteiger partial charge in [0.1, 0.15) is 0 Å². The Kier molecular flexibility index (Phi) is 8.81. The summed E-state index contributed by atoms with van der Waals surface area (Å²) in [6.07, 6.45) is 1.89. The van der Waals surface area contributed by atoms with Crippen molar-refractivity contribution in [1.29, 1.82) is 0 Å². The number of alkyl halides is 2. The molecule has 0 aliphatic rings. The van der Waals surface area contributed by atoms with Gasteiger partial charge < -0.3 is 10.8 Å². The molecule has 5 heteroatoms. The molecule has 18 heavy (non-hydrogen) atoms. The van der Waals surface area contributed by atoms with Gasteiger partial charge in [-0.05, 0) is 18.4 Å². The molecule has 0 aliphatic carbocycles. The number of nitrogens with two attached hydrogens (primary N) is 1. The van der Waals surface area contributed by atoms with Crippen LogP contribution >= 0.6 is 23.2 Å². The van der Waals surface area contributed by atoms with Gasteiger partial charge in [-0.2, -0.15) is 0 Å². The number of carbonyl (C=O) groups excluding carboxylic acids is 1. The van der Waals surface area contributed by atoms with Crippen LogP contribution in [0.3, 0.4) is 0 Å². The van der Waals surface area contributed by atoms with Crippen molar-refractivity contribution in [3.8, 4) is 0 Å². The molecular weight excluding hydrogens is 273 g/mol. The number of primary amides is 1. The number of rotatable bonds is 5. The Balaban J connectivity index is 0.000000327. The molecule has 0 atom stereocenters. The van der Waals surface area contributed by atoms with E-state index in [2.05, 4.69) is 31.2 Å². The van der Waals surface area contributed by atoms with E-state index in [4.69, 9.17) is 34.0 Å². The topological polar surface area (TPSA) is 63.3 Å². The van der Waals surface area contributed by atoms with Crippen LogP contribution in [0.2, 0.25) is 0 Å². The molecule has 0 spiro atoms. The van der Waals surface area contributed by atoms with Gasteiger partial charge in [0.15, 0.2) is 0 Å². The Morgan fingerprint density at radius 1 is 1.33 bits per heavy atom. The van der Waals surface area contributed by atoms with Crippen molar-refractivity contribution in [1.82, 2.24) is 0 Å². The Morgan fingerprint density at radius 3 is 2.22 bits per heavy atom. The number of carbonyl (C=O) groups is 1. The Bertz CT molecular complexity index is 337. The Morgan fingerprint density at radius 2 is 1.89 bits per heavy atom. The van der Waals surface area contributed by atoms with Crippen molar-refractivity contribution in [3.63, 3.8) is 0 Å². The van der Waals surface area contributed by atoms with Crippen LogP contribution in [0.25, 0.3) is 0 Å². The van der Waals surface area contributed by atoms with E-state index in [0.717, 1.165) is 6.42 Å². The van der Waals surface area contributed by atoms with Crippen molar-refractivity contribution in [2.24, 2.45) is 5.73 Å². The van der Waals surface area contributed by atoms with E-state index in [-0.39, 0.29) is 12.8 Å². The fourth-order valence-corrected chi connectivity index (χ4v) is 1.46. The lowest BCUT2D eigenvalue weighted by Crippen LogP contribution is -2.14. The zero-order chi connectivity index (χ0) is 14.0. The van der Waals surface area contributed by atoms with E-state index in [9.17, 15) is 4.79 Å². The Labute approximate surface area is 118 Å². The van der Waals surface area contributed by atoms with Crippen molar-refractivity contribution >= 4 is 29.1 Å². The summed E-state index contributed by atoms with van der Waals surface area (Å²) in [7, 11) is 0. The fraction of sp³-hybridized carbons (Fsp3) is 0.462. The van der Waals surface area contributed by atoms with Gasteiger partial charge in [-0.25, -0.2) is 0 Å². The summed E-state index contributed by atoms with van der Waals surface area (Å²) >= 11 is 10.4. The first-order valence-corrected chi connectivity index (χ1v) is 6.53. The first-order valence-electron chi connectivity index (χ1n) is 5.77. The van der Waals surface area contributed by atoms with Crippen molar-refractivity contribution in [2.45, 2.75) is 37.1 Å². The smallest absolute Gasteiger partial charge is 0.217 e. The van der Waals surface area contributed by atoms with Gasteiger partial charge in [0.2, 0.25) is 10.4 Å². The highest BCUT2D eigenvalue weighted by molar-refractivity contribution is 6.46. The summed E-state index contributed by atoms with van der Waals surface area (Å²) < 4.78 is -1.73. The maximum atomic E-state index is 10.1. The van der Waals surface area contributed by atoms with Gasteiger partial charge >= 0.3 is 0 Å². The molecule has 0 fully saturated rings. The van der Waals surface area contributed by atoms with E-state index >= 15 is 0 Å². The number of aliphatic hydroxyl groups is 1. The highest BCUT2D eigenvalue weighted by Crippen LogP contribution is 2.23. The molecule has 3 nitrogen and oxygen atoms in total. The van der Waals surface area contributed by atoms with Crippen LogP contribution in [-0.4, -0.2) is 15.5 Å². The van der Waals surface area contributed by atoms with Gasteiger partial charge in [-0.1, -0.05) is 60.5 Å². The number of hydrogen-bond donors (Lipinski definition) is 2. The molecule has 0 bridgehead atoms. The van der Waals surface area contributed by atoms with Crippen molar-refractivity contribution in [3.05, 3.63) is 35.9 Å². The lowest BCUT2D eigenvalue weighted by Gasteiger charge is -2.09. The third kappa shape index (κ3) is 11.7. The predicted octanol–water partition coefficient (Wildman–Crippen LogP) is 3.01. The fourth-order valence-electron chi connectivity index (χ4n) is 1.19. The quantitative estimate of drug-likeness (QED) is 0.819. The second-order valence-electron chi connectivity index (χ2n) is 3.82. The van der Waals surface area contributed by atoms with Crippen molar-refractivity contribution < 1.29 is 9.90 Å². The van der Waals surface area contributed by atoms with E-state index in [1.54, 1.807) is 0 Å². The summed E-state index contributed by atoms with van der Waals surface area (Å²) in [5.41, 5.74) is 6.22. The minimum Gasteiger partial charge on any atom is -0.370 e. The molecule has 102 valence electrons. The van der Waals surface area contributed by atoms with Gasteiger partial charge in [0.25, 0.3) is 0 Å². The number of amides is 1. The second kappa shape index (κ2) is 9.20. The third-order valence-corrected chi connectivity index (χ3v) is 2.53. The zero-order valence-corrected chi connectivity index (χ0v) is 11.9. The van der Waals surface area contributed by atoms with Crippen molar-refractivity contribution in [2.75, 3.05) is 0 Å². The van der Waals surface area contributed by atoms with Gasteiger partial charge in [-0.3, -0.25) is 4.79 Å². The second-order valence-corrected chi connectivity index (χ2v) is 5.27. The summed E-state index contributed by atoms with van der Waals surface area (Å²) in [6, 6.07) is 10.5. The number of hydrogen-bond acceptors (Lipinski definition) is 2. The molecule has 0 aromatic heterocycles. The maximum Gasteiger partial charge on any atom is 0.217 e. The monoisotopic (exact) mass is 291 g/mol. The normalized spacial score (nSPS) is 10.4. The molecule has 0 radical (unpaired) electrons. The van der Waals surface area contributed by atoms with E-state index in [1.807, 2.05) is 6.07 Å². The molecule has 1 amide bonds. The molecule has 1 rings (SSSR count). The van der Waals surface area contributed by atoms with Crippen LogP contribution in [0.1, 0.15) is 31.7 Å². The average molecular weight is 292 g/mol. The van der Waals surface area contributed by atoms with Crippen LogP contribution in [0.5, 0.6) is 0 Å². The largest absolute Gasteiger partial charge is 0.370 e. The molecular formula is C13H19Cl2NO2. The predicted molar refractivity (Wildman–Crippen MR) is 75.5 cm³/mol. The SMILES string of the molecule is CCc1ccccc1.NC(=O)CCCC(O)(Cl)Cl. The maximum absolute atomic E-state index is 10.1. The lowest BCUT2D eigenvalue weighted by molar-refractivity contribution is -0.118.